The molecule has 0 bridgehead atoms. The van der Waals surface area contributed by atoms with Crippen molar-refractivity contribution in [1.29, 1.82) is 0 Å². The standard InChI is InChI=1S/C15H16N2O4/c18-13-4-2-9-7-10(1-3-12(9)16-13)14(19)17-6-5-11(8-17)15(20)21/h1,3,7,11H,2,4-6,8H2,(H,16,18)(H,20,21)/t11-/m0/s1. The van der Waals surface area contributed by atoms with E-state index in [1.807, 2.05) is 0 Å². The molecule has 0 saturated carbocycles. The van der Waals surface area contributed by atoms with Gasteiger partial charge in [-0.3, -0.25) is 14.4 Å². The number of carboxylic acids is 1. The Morgan fingerprint density at radius 3 is 2.81 bits per heavy atom. The lowest BCUT2D eigenvalue weighted by atomic mass is 10.00. The first-order valence-corrected chi connectivity index (χ1v) is 6.99. The maximum Gasteiger partial charge on any atom is 0.308 e. The van der Waals surface area contributed by atoms with Crippen molar-refractivity contribution >= 4 is 23.5 Å². The summed E-state index contributed by atoms with van der Waals surface area (Å²) in [4.78, 5) is 36.3. The average molecular weight is 288 g/mol. The number of aryl methyl sites for hydroxylation is 1. The van der Waals surface area contributed by atoms with E-state index in [2.05, 4.69) is 5.32 Å². The Kier molecular flexibility index (Phi) is 3.37. The van der Waals surface area contributed by atoms with Crippen molar-refractivity contribution < 1.29 is 19.5 Å². The van der Waals surface area contributed by atoms with Crippen molar-refractivity contribution in [3.8, 4) is 0 Å². The Morgan fingerprint density at radius 1 is 1.29 bits per heavy atom. The fourth-order valence-electron chi connectivity index (χ4n) is 2.85. The topological polar surface area (TPSA) is 86.7 Å². The number of carbonyl (C=O) groups is 3. The maximum atomic E-state index is 12.4. The molecule has 0 aromatic heterocycles. The van der Waals surface area contributed by atoms with E-state index < -0.39 is 11.9 Å². The summed E-state index contributed by atoms with van der Waals surface area (Å²) in [5.41, 5.74) is 2.26. The van der Waals surface area contributed by atoms with Gasteiger partial charge in [0, 0.05) is 30.8 Å². The van der Waals surface area contributed by atoms with Crippen molar-refractivity contribution in [2.45, 2.75) is 19.3 Å². The van der Waals surface area contributed by atoms with Crippen LogP contribution in [0.15, 0.2) is 18.2 Å². The highest BCUT2D eigenvalue weighted by Crippen LogP contribution is 2.25. The van der Waals surface area contributed by atoms with Gasteiger partial charge >= 0.3 is 5.97 Å². The molecule has 1 atom stereocenters. The molecule has 110 valence electrons. The lowest BCUT2D eigenvalue weighted by Gasteiger charge is -2.20. The summed E-state index contributed by atoms with van der Waals surface area (Å²) in [5.74, 6) is -1.46. The zero-order valence-electron chi connectivity index (χ0n) is 11.5. The predicted octanol–water partition coefficient (Wildman–Crippen LogP) is 1.12. The van der Waals surface area contributed by atoms with E-state index in [1.54, 1.807) is 23.1 Å². The molecule has 2 aliphatic heterocycles. The second kappa shape index (κ2) is 5.20. The third-order valence-electron chi connectivity index (χ3n) is 4.07. The van der Waals surface area contributed by atoms with Crippen LogP contribution in [0.5, 0.6) is 0 Å². The van der Waals surface area contributed by atoms with E-state index in [0.717, 1.165) is 11.3 Å². The zero-order chi connectivity index (χ0) is 15.0. The van der Waals surface area contributed by atoms with E-state index in [0.29, 0.717) is 31.4 Å². The van der Waals surface area contributed by atoms with Gasteiger partial charge < -0.3 is 15.3 Å². The van der Waals surface area contributed by atoms with Crippen LogP contribution < -0.4 is 5.32 Å². The molecule has 1 fully saturated rings. The molecule has 1 saturated heterocycles. The first-order valence-electron chi connectivity index (χ1n) is 6.99. The van der Waals surface area contributed by atoms with Gasteiger partial charge in [-0.1, -0.05) is 0 Å². The minimum atomic E-state index is -0.849. The van der Waals surface area contributed by atoms with Crippen LogP contribution in [0.4, 0.5) is 5.69 Å². The Morgan fingerprint density at radius 2 is 2.10 bits per heavy atom. The van der Waals surface area contributed by atoms with Gasteiger partial charge in [-0.05, 0) is 36.6 Å². The Hall–Kier alpha value is -2.37. The van der Waals surface area contributed by atoms with Gasteiger partial charge in [-0.15, -0.1) is 0 Å². The molecule has 2 N–H and O–H groups in total. The first kappa shape index (κ1) is 13.6. The molecule has 2 aliphatic rings. The highest BCUT2D eigenvalue weighted by atomic mass is 16.4. The minimum Gasteiger partial charge on any atom is -0.481 e. The van der Waals surface area contributed by atoms with E-state index >= 15 is 0 Å². The average Bonchev–Trinajstić information content (AvgIpc) is 2.96. The maximum absolute atomic E-state index is 12.4. The molecule has 1 aromatic carbocycles. The monoisotopic (exact) mass is 288 g/mol. The molecule has 3 rings (SSSR count). The molecule has 1 aromatic rings. The normalized spacial score (nSPS) is 20.9. The number of nitrogens with zero attached hydrogens (tertiary/aromatic N) is 1. The molecular formula is C15H16N2O4. The molecule has 6 heteroatoms. The van der Waals surface area contributed by atoms with Crippen molar-refractivity contribution in [3.05, 3.63) is 29.3 Å². The Labute approximate surface area is 121 Å². The van der Waals surface area contributed by atoms with Crippen molar-refractivity contribution in [2.75, 3.05) is 18.4 Å². The van der Waals surface area contributed by atoms with Crippen molar-refractivity contribution in [2.24, 2.45) is 5.92 Å². The van der Waals surface area contributed by atoms with Crippen LogP contribution in [0.3, 0.4) is 0 Å². The number of likely N-dealkylation sites (tertiary alicyclic amines) is 1. The lowest BCUT2D eigenvalue weighted by Crippen LogP contribution is -2.30. The number of amides is 2. The lowest BCUT2D eigenvalue weighted by molar-refractivity contribution is -0.141. The zero-order valence-corrected chi connectivity index (χ0v) is 11.5. The summed E-state index contributed by atoms with van der Waals surface area (Å²) in [6.45, 7) is 0.742. The quantitative estimate of drug-likeness (QED) is 0.853. The van der Waals surface area contributed by atoms with Gasteiger partial charge in [0.25, 0.3) is 5.91 Å². The summed E-state index contributed by atoms with van der Waals surface area (Å²) in [6.07, 6.45) is 1.55. The summed E-state index contributed by atoms with van der Waals surface area (Å²) in [6, 6.07) is 5.22. The number of nitrogens with one attached hydrogen (secondary N) is 1. The van der Waals surface area contributed by atoms with Crippen LogP contribution in [-0.4, -0.2) is 40.9 Å². The fraction of sp³-hybridized carbons (Fsp3) is 0.400. The van der Waals surface area contributed by atoms with Crippen LogP contribution >= 0.6 is 0 Å². The molecule has 0 radical (unpaired) electrons. The molecular weight excluding hydrogens is 272 g/mol. The number of hydrogen-bond acceptors (Lipinski definition) is 3. The van der Waals surface area contributed by atoms with Crippen molar-refractivity contribution in [1.82, 2.24) is 4.90 Å². The van der Waals surface area contributed by atoms with Gasteiger partial charge in [0.2, 0.25) is 5.91 Å². The van der Waals surface area contributed by atoms with Gasteiger partial charge in [-0.25, -0.2) is 0 Å². The molecule has 21 heavy (non-hydrogen) atoms. The van der Waals surface area contributed by atoms with E-state index in [4.69, 9.17) is 5.11 Å². The highest BCUT2D eigenvalue weighted by molar-refractivity contribution is 5.98. The van der Waals surface area contributed by atoms with Gasteiger partial charge in [-0.2, -0.15) is 0 Å². The third-order valence-corrected chi connectivity index (χ3v) is 4.07. The molecule has 0 unspecified atom stereocenters. The number of anilines is 1. The van der Waals surface area contributed by atoms with Crippen LogP contribution in [0, 0.1) is 5.92 Å². The third kappa shape index (κ3) is 2.61. The largest absolute Gasteiger partial charge is 0.481 e. The number of carboxylic acid groups (broad SMARTS) is 1. The molecule has 2 heterocycles. The number of fused-ring (bicyclic) bond motifs is 1. The molecule has 0 aliphatic carbocycles. The van der Waals surface area contributed by atoms with Gasteiger partial charge in [0.05, 0.1) is 5.92 Å². The minimum absolute atomic E-state index is 0.00887. The summed E-state index contributed by atoms with van der Waals surface area (Å²) in [7, 11) is 0. The Balaban J connectivity index is 1.77. The van der Waals surface area contributed by atoms with E-state index in [9.17, 15) is 14.4 Å². The smallest absolute Gasteiger partial charge is 0.308 e. The van der Waals surface area contributed by atoms with E-state index in [-0.39, 0.29) is 18.4 Å². The van der Waals surface area contributed by atoms with Gasteiger partial charge in [0.1, 0.15) is 0 Å². The highest BCUT2D eigenvalue weighted by Gasteiger charge is 2.31. The Bertz CT molecular complexity index is 626. The SMILES string of the molecule is O=C1CCc2cc(C(=O)N3CC[C@H](C(=O)O)C3)ccc2N1. The summed E-state index contributed by atoms with van der Waals surface area (Å²) in [5, 5.41) is 11.8. The van der Waals surface area contributed by atoms with Crippen LogP contribution in [0.1, 0.15) is 28.8 Å². The van der Waals surface area contributed by atoms with Crippen LogP contribution in [-0.2, 0) is 16.0 Å². The second-order valence-corrected chi connectivity index (χ2v) is 5.50. The van der Waals surface area contributed by atoms with Gasteiger partial charge in [0.15, 0.2) is 0 Å². The fourth-order valence-corrected chi connectivity index (χ4v) is 2.85. The number of carbonyl (C=O) groups excluding carboxylic acids is 2. The van der Waals surface area contributed by atoms with Crippen LogP contribution in [0.25, 0.3) is 0 Å². The molecule has 2 amide bonds. The summed E-state index contributed by atoms with van der Waals surface area (Å²) >= 11 is 0. The first-order chi connectivity index (χ1) is 10.0. The molecule has 0 spiro atoms. The number of rotatable bonds is 2. The van der Waals surface area contributed by atoms with E-state index in [1.165, 1.54) is 0 Å². The summed E-state index contributed by atoms with van der Waals surface area (Å²) < 4.78 is 0. The predicted molar refractivity (Wildman–Crippen MR) is 75.0 cm³/mol. The van der Waals surface area contributed by atoms with Crippen LogP contribution in [0.2, 0.25) is 0 Å². The molecule has 6 nitrogen and oxygen atoms in total. The number of aliphatic carboxylic acids is 1. The second-order valence-electron chi connectivity index (χ2n) is 5.50. The number of benzene rings is 1. The number of hydrogen-bond donors (Lipinski definition) is 2. The van der Waals surface area contributed by atoms with Crippen molar-refractivity contribution in [3.63, 3.8) is 0 Å².